The molecule has 0 spiro atoms. The van der Waals surface area contributed by atoms with Crippen LogP contribution in [-0.4, -0.2) is 69.0 Å². The van der Waals surface area contributed by atoms with E-state index < -0.39 is 0 Å². The molecule has 0 aliphatic heterocycles. The summed E-state index contributed by atoms with van der Waals surface area (Å²) in [6, 6.07) is 0. The summed E-state index contributed by atoms with van der Waals surface area (Å²) in [6.45, 7) is 4.43. The van der Waals surface area contributed by atoms with Gasteiger partial charge in [-0.25, -0.2) is 0 Å². The zero-order valence-corrected chi connectivity index (χ0v) is 33.8. The van der Waals surface area contributed by atoms with Gasteiger partial charge in [0.25, 0.3) is 0 Å². The minimum absolute atomic E-state index is 0.976. The molecule has 0 radical (unpaired) electrons. The van der Waals surface area contributed by atoms with Gasteiger partial charge in [0.05, 0.1) is 9.98 Å². The Balaban J connectivity index is 3.61. The quantitative estimate of drug-likeness (QED) is 0.0293. The summed E-state index contributed by atoms with van der Waals surface area (Å²) in [5.74, 6) is 3.90. The second-order valence-corrected chi connectivity index (χ2v) is 15.4. The van der Waals surface area contributed by atoms with Crippen molar-refractivity contribution in [2.75, 3.05) is 49.2 Å². The standard InChI is InChI=1S/C36H72N2S6/c39-31-21-17-27-37(28-18-22-32-40)35(43)25-15-13-11-9-7-5-3-1-2-4-6-8-10-12-14-16-26-36(44)38(29-19-23-33-41)30-20-24-34-42/h39-42H,1-34H2. The summed E-state index contributed by atoms with van der Waals surface area (Å²) < 4.78 is 0. The van der Waals surface area contributed by atoms with Crippen LogP contribution < -0.4 is 0 Å². The lowest BCUT2D eigenvalue weighted by Gasteiger charge is -2.25. The topological polar surface area (TPSA) is 6.48 Å². The fourth-order valence-electron chi connectivity index (χ4n) is 5.72. The number of nitrogens with zero attached hydrogens (tertiary/aromatic N) is 2. The third-order valence-electron chi connectivity index (χ3n) is 8.58. The first-order chi connectivity index (χ1) is 21.6. The molecule has 8 heteroatoms. The Hall–Kier alpha value is 1.18. The van der Waals surface area contributed by atoms with Crippen LogP contribution in [0.3, 0.4) is 0 Å². The molecular formula is C36H72N2S6. The zero-order chi connectivity index (χ0) is 32.4. The third-order valence-corrected chi connectivity index (χ3v) is 10.8. The SMILES string of the molecule is S=C(CCCCCCCCCCCCCCCCCCC(=S)N(CCCCS)CCCCS)N(CCCCS)CCCCS. The van der Waals surface area contributed by atoms with Crippen LogP contribution in [0, 0.1) is 0 Å². The van der Waals surface area contributed by atoms with Crippen molar-refractivity contribution in [2.24, 2.45) is 0 Å². The number of unbranched alkanes of at least 4 members (excludes halogenated alkanes) is 19. The molecule has 2 nitrogen and oxygen atoms in total. The maximum Gasteiger partial charge on any atom is 0.0779 e. The van der Waals surface area contributed by atoms with Crippen LogP contribution in [0.25, 0.3) is 0 Å². The van der Waals surface area contributed by atoms with E-state index in [1.165, 1.54) is 164 Å². The summed E-state index contributed by atoms with van der Waals surface area (Å²) in [7, 11) is 0. The van der Waals surface area contributed by atoms with Gasteiger partial charge in [-0.05, 0) is 100 Å². The van der Waals surface area contributed by atoms with E-state index in [1.807, 2.05) is 0 Å². The van der Waals surface area contributed by atoms with Gasteiger partial charge in [-0.1, -0.05) is 114 Å². The molecule has 0 aliphatic rings. The molecule has 44 heavy (non-hydrogen) atoms. The van der Waals surface area contributed by atoms with Gasteiger partial charge in [0, 0.05) is 26.2 Å². The van der Waals surface area contributed by atoms with Crippen molar-refractivity contribution in [1.82, 2.24) is 9.80 Å². The minimum Gasteiger partial charge on any atom is -0.366 e. The lowest BCUT2D eigenvalue weighted by atomic mass is 10.0. The largest absolute Gasteiger partial charge is 0.366 e. The van der Waals surface area contributed by atoms with Gasteiger partial charge in [0.1, 0.15) is 0 Å². The van der Waals surface area contributed by atoms with Gasteiger partial charge in [-0.15, -0.1) is 0 Å². The molecule has 0 amide bonds. The van der Waals surface area contributed by atoms with E-state index in [0.717, 1.165) is 62.0 Å². The second kappa shape index (κ2) is 37.0. The van der Waals surface area contributed by atoms with Gasteiger partial charge < -0.3 is 9.80 Å². The summed E-state index contributed by atoms with van der Waals surface area (Å²) in [5.41, 5.74) is 0. The summed E-state index contributed by atoms with van der Waals surface area (Å²) in [5, 5.41) is 0. The van der Waals surface area contributed by atoms with E-state index in [4.69, 9.17) is 24.4 Å². The first-order valence-corrected chi connectivity index (χ1v) is 21.9. The van der Waals surface area contributed by atoms with E-state index in [9.17, 15) is 0 Å². The Kier molecular flexibility index (Phi) is 38.0. The fraction of sp³-hybridized carbons (Fsp3) is 0.944. The van der Waals surface area contributed by atoms with E-state index in [2.05, 4.69) is 60.3 Å². The molecule has 0 atom stereocenters. The fourth-order valence-corrected chi connectivity index (χ4v) is 7.27. The van der Waals surface area contributed by atoms with Crippen LogP contribution in [-0.2, 0) is 0 Å². The third kappa shape index (κ3) is 30.5. The average Bonchev–Trinajstić information content (AvgIpc) is 3.02. The molecule has 0 saturated carbocycles. The monoisotopic (exact) mass is 724 g/mol. The molecular weight excluding hydrogens is 653 g/mol. The molecule has 0 unspecified atom stereocenters. The molecule has 0 bridgehead atoms. The van der Waals surface area contributed by atoms with E-state index >= 15 is 0 Å². The van der Waals surface area contributed by atoms with E-state index in [-0.39, 0.29) is 0 Å². The molecule has 0 N–H and O–H groups in total. The van der Waals surface area contributed by atoms with Crippen LogP contribution in [0.1, 0.15) is 167 Å². The van der Waals surface area contributed by atoms with Gasteiger partial charge in [-0.2, -0.15) is 50.5 Å². The number of rotatable bonds is 35. The first kappa shape index (κ1) is 45.2. The minimum atomic E-state index is 0.976. The molecule has 262 valence electrons. The van der Waals surface area contributed by atoms with Crippen molar-refractivity contribution in [1.29, 1.82) is 0 Å². The van der Waals surface area contributed by atoms with Gasteiger partial charge in [0.2, 0.25) is 0 Å². The maximum atomic E-state index is 5.81. The van der Waals surface area contributed by atoms with Crippen LogP contribution in [0.2, 0.25) is 0 Å². The zero-order valence-electron chi connectivity index (χ0n) is 28.5. The molecule has 0 aliphatic carbocycles. The molecule has 0 fully saturated rings. The summed E-state index contributed by atoms with van der Waals surface area (Å²) in [6.07, 6.45) is 33.8. The Morgan fingerprint density at radius 3 is 0.705 bits per heavy atom. The molecule has 0 heterocycles. The highest BCUT2D eigenvalue weighted by Gasteiger charge is 2.10. The van der Waals surface area contributed by atoms with Gasteiger partial charge in [-0.3, -0.25) is 0 Å². The number of hydrogen-bond acceptors (Lipinski definition) is 6. The average molecular weight is 725 g/mol. The van der Waals surface area contributed by atoms with Crippen LogP contribution in [0.4, 0.5) is 0 Å². The van der Waals surface area contributed by atoms with Crippen molar-refractivity contribution in [3.8, 4) is 0 Å². The summed E-state index contributed by atoms with van der Waals surface area (Å²) in [4.78, 5) is 7.32. The smallest absolute Gasteiger partial charge is 0.0779 e. The van der Waals surface area contributed by atoms with Crippen LogP contribution in [0.15, 0.2) is 0 Å². The highest BCUT2D eigenvalue weighted by atomic mass is 32.1. The van der Waals surface area contributed by atoms with Crippen molar-refractivity contribution in [2.45, 2.75) is 167 Å². The first-order valence-electron chi connectivity index (χ1n) is 18.6. The van der Waals surface area contributed by atoms with Gasteiger partial charge in [0.15, 0.2) is 0 Å². The van der Waals surface area contributed by atoms with Crippen LogP contribution >= 0.6 is 75.0 Å². The van der Waals surface area contributed by atoms with E-state index in [1.54, 1.807) is 0 Å². The van der Waals surface area contributed by atoms with Crippen molar-refractivity contribution in [3.05, 3.63) is 0 Å². The Morgan fingerprint density at radius 1 is 0.295 bits per heavy atom. The predicted molar refractivity (Wildman–Crippen MR) is 224 cm³/mol. The van der Waals surface area contributed by atoms with Crippen molar-refractivity contribution in [3.63, 3.8) is 0 Å². The normalized spacial score (nSPS) is 11.3. The van der Waals surface area contributed by atoms with Crippen molar-refractivity contribution >= 4 is 84.9 Å². The Labute approximate surface area is 308 Å². The van der Waals surface area contributed by atoms with E-state index in [0.29, 0.717) is 0 Å². The molecule has 0 rings (SSSR count). The predicted octanol–water partition coefficient (Wildman–Crippen LogP) is 12.1. The number of thiol groups is 4. The van der Waals surface area contributed by atoms with Crippen LogP contribution in [0.5, 0.6) is 0 Å². The molecule has 0 aromatic carbocycles. The highest BCUT2D eigenvalue weighted by Crippen LogP contribution is 2.16. The highest BCUT2D eigenvalue weighted by molar-refractivity contribution is 7.81. The number of hydrogen-bond donors (Lipinski definition) is 4. The summed E-state index contributed by atoms with van der Waals surface area (Å²) >= 11 is 29.1. The van der Waals surface area contributed by atoms with Gasteiger partial charge >= 0.3 is 0 Å². The number of thiocarbonyl (C=S) groups is 2. The maximum absolute atomic E-state index is 5.81. The lowest BCUT2D eigenvalue weighted by molar-refractivity contribution is 0.396. The Bertz CT molecular complexity index is 549. The molecule has 0 aromatic rings. The van der Waals surface area contributed by atoms with Crippen molar-refractivity contribution < 1.29 is 0 Å². The second-order valence-electron chi connectivity index (χ2n) is 12.6. The lowest BCUT2D eigenvalue weighted by Crippen LogP contribution is -2.31. The molecule has 0 aromatic heterocycles. The Morgan fingerprint density at radius 2 is 0.500 bits per heavy atom. The molecule has 0 saturated heterocycles.